The van der Waals surface area contributed by atoms with Gasteiger partial charge in [-0.2, -0.15) is 0 Å². The van der Waals surface area contributed by atoms with Crippen LogP contribution in [-0.4, -0.2) is 39.0 Å². The van der Waals surface area contributed by atoms with Gasteiger partial charge in [0, 0.05) is 25.3 Å². The normalized spacial score (nSPS) is 20.5. The number of hydrogen-bond donors (Lipinski definition) is 2. The summed E-state index contributed by atoms with van der Waals surface area (Å²) in [6, 6.07) is 9.16. The quantitative estimate of drug-likeness (QED) is 0.554. The molecule has 162 valence electrons. The van der Waals surface area contributed by atoms with Crippen LogP contribution < -0.4 is 10.5 Å². The molecule has 0 radical (unpaired) electrons. The molecule has 1 atom stereocenters. The Hall–Kier alpha value is -2.86. The molecule has 0 fully saturated rings. The van der Waals surface area contributed by atoms with Crippen molar-refractivity contribution in [3.63, 3.8) is 0 Å². The highest BCUT2D eigenvalue weighted by molar-refractivity contribution is 7.02. The number of hydrogen-bond acceptors (Lipinski definition) is 3. The monoisotopic (exact) mass is 480 g/mol. The molecule has 2 aliphatic rings. The highest BCUT2D eigenvalue weighted by atomic mass is 35.5. The number of carboxylic acid groups (broad SMARTS) is 1. The predicted molar refractivity (Wildman–Crippen MR) is 137 cm³/mol. The Morgan fingerprint density at radius 1 is 1.19 bits per heavy atom. The molecule has 0 bridgehead atoms. The molecule has 2 aromatic carbocycles. The highest BCUT2D eigenvalue weighted by Gasteiger charge is 2.42. The third-order valence-electron chi connectivity index (χ3n) is 6.17. The van der Waals surface area contributed by atoms with Crippen LogP contribution in [0, 0.1) is 0 Å². The van der Waals surface area contributed by atoms with E-state index in [4.69, 9.17) is 23.2 Å². The van der Waals surface area contributed by atoms with E-state index in [2.05, 4.69) is 53.4 Å². The number of carbonyl (C=O) groups is 1. The lowest BCUT2D eigenvalue weighted by atomic mass is 9.89. The van der Waals surface area contributed by atoms with E-state index in [-0.39, 0.29) is 5.56 Å². The van der Waals surface area contributed by atoms with Gasteiger partial charge in [0.15, 0.2) is 0 Å². The number of halogens is 2. The lowest BCUT2D eigenvalue weighted by Crippen LogP contribution is -2.50. The van der Waals surface area contributed by atoms with E-state index < -0.39 is 14.0 Å². The van der Waals surface area contributed by atoms with Crippen LogP contribution in [0.3, 0.4) is 0 Å². The fourth-order valence-corrected chi connectivity index (χ4v) is 8.23. The van der Waals surface area contributed by atoms with Crippen LogP contribution in [-0.2, 0) is 0 Å². The number of carboxylic acids is 1. The van der Waals surface area contributed by atoms with Gasteiger partial charge < -0.3 is 10.4 Å². The molecular formula is C25H22Cl2N2O2Si. The zero-order valence-electron chi connectivity index (χ0n) is 18.0. The Morgan fingerprint density at radius 2 is 1.88 bits per heavy atom. The summed E-state index contributed by atoms with van der Waals surface area (Å²) in [4.78, 5) is 15.9. The second-order valence-corrected chi connectivity index (χ2v) is 12.6. The maximum atomic E-state index is 11.5. The Bertz CT molecular complexity index is 1280. The fraction of sp³-hybridized carbons (Fsp3) is 0.120. The number of allylic oxidation sites excluding steroid dienone is 5. The van der Waals surface area contributed by atoms with Gasteiger partial charge >= 0.3 is 5.97 Å². The first-order chi connectivity index (χ1) is 15.2. The summed E-state index contributed by atoms with van der Waals surface area (Å²) < 4.78 is 0. The Kier molecular flexibility index (Phi) is 5.75. The van der Waals surface area contributed by atoms with Gasteiger partial charge in [-0.1, -0.05) is 47.6 Å². The number of anilines is 1. The zero-order chi connectivity index (χ0) is 23.2. The van der Waals surface area contributed by atoms with E-state index in [0.717, 1.165) is 28.1 Å². The summed E-state index contributed by atoms with van der Waals surface area (Å²) in [5.74, 6) is -1.07. The van der Waals surface area contributed by atoms with Gasteiger partial charge in [-0.25, -0.2) is 4.79 Å². The molecule has 2 N–H and O–H groups in total. The van der Waals surface area contributed by atoms with Gasteiger partial charge in [0.1, 0.15) is 8.07 Å². The highest BCUT2D eigenvalue weighted by Crippen LogP contribution is 2.46. The van der Waals surface area contributed by atoms with Crippen molar-refractivity contribution in [3.8, 4) is 0 Å². The van der Waals surface area contributed by atoms with Crippen molar-refractivity contribution >= 4 is 59.4 Å². The van der Waals surface area contributed by atoms with Gasteiger partial charge in [0.05, 0.1) is 21.3 Å². The first-order valence-corrected chi connectivity index (χ1v) is 13.4. The van der Waals surface area contributed by atoms with E-state index in [9.17, 15) is 9.90 Å². The van der Waals surface area contributed by atoms with Gasteiger partial charge in [-0.3, -0.25) is 4.99 Å². The minimum Gasteiger partial charge on any atom is -0.478 e. The molecule has 0 amide bonds. The smallest absolute Gasteiger partial charge is 0.335 e. The summed E-state index contributed by atoms with van der Waals surface area (Å²) in [5, 5.41) is 15.6. The standard InChI is InChI=1S/C25H22Cl2N2O2Si/c1-5-32(4)21-12-15(28-2)6-8-17(21)23(18-9-7-16(29-3)13-22(18)32)24-19(26)10-14(25(30)31)11-20(24)27/h5-13,28H,1H2,2-4H3,(H,30,31)/b29-16+. The van der Waals surface area contributed by atoms with Crippen LogP contribution in [0.5, 0.6) is 0 Å². The molecule has 1 unspecified atom stereocenters. The maximum Gasteiger partial charge on any atom is 0.335 e. The molecule has 32 heavy (non-hydrogen) atoms. The first-order valence-electron chi connectivity index (χ1n) is 10.1. The lowest BCUT2D eigenvalue weighted by Gasteiger charge is -2.38. The number of nitrogens with one attached hydrogen (secondary N) is 1. The molecule has 0 aromatic heterocycles. The number of fused-ring (bicyclic) bond motifs is 2. The molecule has 0 spiro atoms. The van der Waals surface area contributed by atoms with Crippen molar-refractivity contribution in [3.05, 3.63) is 98.3 Å². The number of aliphatic imine (C=N–C) groups is 1. The van der Waals surface area contributed by atoms with Crippen LogP contribution in [0.4, 0.5) is 5.69 Å². The molecule has 0 saturated carbocycles. The Balaban J connectivity index is 2.15. The number of nitrogens with zero attached hydrogens (tertiary/aromatic N) is 1. The molecule has 1 aliphatic carbocycles. The number of rotatable bonds is 4. The molecule has 1 heterocycles. The zero-order valence-corrected chi connectivity index (χ0v) is 20.5. The van der Waals surface area contributed by atoms with Gasteiger partial charge in [0.2, 0.25) is 0 Å². The lowest BCUT2D eigenvalue weighted by molar-refractivity contribution is 0.0697. The van der Waals surface area contributed by atoms with Crippen molar-refractivity contribution in [2.24, 2.45) is 4.99 Å². The average molecular weight is 481 g/mol. The second kappa shape index (κ2) is 8.24. The molecule has 1 aliphatic heterocycles. The fourth-order valence-electron chi connectivity index (χ4n) is 4.38. The summed E-state index contributed by atoms with van der Waals surface area (Å²) in [6.07, 6.45) is 6.14. The van der Waals surface area contributed by atoms with E-state index in [1.807, 2.05) is 19.2 Å². The molecular weight excluding hydrogens is 459 g/mol. The van der Waals surface area contributed by atoms with Crippen LogP contribution in [0.25, 0.3) is 5.57 Å². The summed E-state index contributed by atoms with van der Waals surface area (Å²) in [6.45, 7) is 6.48. The summed E-state index contributed by atoms with van der Waals surface area (Å²) >= 11 is 13.3. The van der Waals surface area contributed by atoms with Gasteiger partial charge in [-0.05, 0) is 63.5 Å². The van der Waals surface area contributed by atoms with Crippen LogP contribution in [0.1, 0.15) is 21.5 Å². The van der Waals surface area contributed by atoms with Crippen molar-refractivity contribution in [2.45, 2.75) is 6.55 Å². The SMILES string of the molecule is C=C[Si]1(C)C2=C/C(=N/C)C=CC2=C(c2c(Cl)cc(C(=O)O)cc2Cl)c2ccc(NC)cc21. The largest absolute Gasteiger partial charge is 0.478 e. The van der Waals surface area contributed by atoms with E-state index in [0.29, 0.717) is 15.6 Å². The molecule has 0 saturated heterocycles. The van der Waals surface area contributed by atoms with Gasteiger partial charge in [0.25, 0.3) is 0 Å². The van der Waals surface area contributed by atoms with E-state index in [1.54, 1.807) is 7.05 Å². The van der Waals surface area contributed by atoms with Gasteiger partial charge in [-0.15, -0.1) is 6.58 Å². The molecule has 4 nitrogen and oxygen atoms in total. The summed E-state index contributed by atoms with van der Waals surface area (Å²) in [5.41, 5.74) is 7.57. The van der Waals surface area contributed by atoms with E-state index in [1.165, 1.54) is 22.5 Å². The predicted octanol–water partition coefficient (Wildman–Crippen LogP) is 5.67. The maximum absolute atomic E-state index is 11.5. The number of aromatic carboxylic acids is 1. The summed E-state index contributed by atoms with van der Waals surface area (Å²) in [7, 11) is 1.34. The Labute approximate surface area is 198 Å². The van der Waals surface area contributed by atoms with E-state index >= 15 is 0 Å². The third kappa shape index (κ3) is 3.37. The number of benzene rings is 2. The average Bonchev–Trinajstić information content (AvgIpc) is 2.79. The topological polar surface area (TPSA) is 61.7 Å². The van der Waals surface area contributed by atoms with Crippen LogP contribution in [0.15, 0.2) is 76.6 Å². The second-order valence-electron chi connectivity index (χ2n) is 7.87. The first kappa shape index (κ1) is 22.3. The van der Waals surface area contributed by atoms with Crippen molar-refractivity contribution < 1.29 is 9.90 Å². The minimum atomic E-state index is -2.32. The van der Waals surface area contributed by atoms with Crippen molar-refractivity contribution in [1.29, 1.82) is 0 Å². The van der Waals surface area contributed by atoms with Crippen molar-refractivity contribution in [2.75, 3.05) is 19.4 Å². The molecule has 4 rings (SSSR count). The molecule has 2 aromatic rings. The Morgan fingerprint density at radius 3 is 2.44 bits per heavy atom. The van der Waals surface area contributed by atoms with Crippen molar-refractivity contribution in [1.82, 2.24) is 0 Å². The molecule has 7 heteroatoms. The minimum absolute atomic E-state index is 0.0524. The van der Waals surface area contributed by atoms with Crippen LogP contribution in [0.2, 0.25) is 16.6 Å². The van der Waals surface area contributed by atoms with Crippen LogP contribution >= 0.6 is 23.2 Å². The third-order valence-corrected chi connectivity index (χ3v) is 10.7.